The van der Waals surface area contributed by atoms with Crippen LogP contribution < -0.4 is 4.57 Å². The third kappa shape index (κ3) is 0.542. The topological polar surface area (TPSA) is 39.9 Å². The Morgan fingerprint density at radius 3 is 3.33 bits per heavy atom. The average Bonchev–Trinajstić information content (AvgIpc) is 2.35. The zero-order valence-corrected chi connectivity index (χ0v) is 5.09. The lowest BCUT2D eigenvalue weighted by Crippen LogP contribution is -2.29. The van der Waals surface area contributed by atoms with Crippen LogP contribution in [0.15, 0.2) is 6.33 Å². The molecule has 48 valence electrons. The number of aromatic hydroxyl groups is 1. The van der Waals surface area contributed by atoms with E-state index in [9.17, 15) is 0 Å². The Bertz CT molecular complexity index is 229. The lowest BCUT2D eigenvalue weighted by molar-refractivity contribution is -0.689. The van der Waals surface area contributed by atoms with Gasteiger partial charge in [0.2, 0.25) is 6.33 Å². The minimum absolute atomic E-state index is 0.340. The average molecular weight is 125 g/mol. The van der Waals surface area contributed by atoms with E-state index in [0.29, 0.717) is 5.88 Å². The summed E-state index contributed by atoms with van der Waals surface area (Å²) in [4.78, 5) is 2.76. The first-order chi connectivity index (χ1) is 4.38. The first kappa shape index (κ1) is 4.85. The van der Waals surface area contributed by atoms with Crippen molar-refractivity contribution in [3.63, 3.8) is 0 Å². The van der Waals surface area contributed by atoms with Crippen LogP contribution in [0, 0.1) is 0 Å². The standard InChI is InChI=1S/C6H8N2O/c9-6-5-2-1-3-8(5)4-7-6/h4,9H,1-3H2/p+1. The van der Waals surface area contributed by atoms with E-state index in [1.54, 1.807) is 0 Å². The molecule has 0 aliphatic carbocycles. The largest absolute Gasteiger partial charge is 0.475 e. The third-order valence-corrected chi connectivity index (χ3v) is 1.79. The van der Waals surface area contributed by atoms with Gasteiger partial charge in [-0.1, -0.05) is 0 Å². The van der Waals surface area contributed by atoms with Crippen molar-refractivity contribution in [1.82, 2.24) is 4.98 Å². The second kappa shape index (κ2) is 1.50. The molecule has 0 fully saturated rings. The first-order valence-corrected chi connectivity index (χ1v) is 3.16. The highest BCUT2D eigenvalue weighted by Crippen LogP contribution is 2.14. The Morgan fingerprint density at radius 2 is 2.56 bits per heavy atom. The quantitative estimate of drug-likeness (QED) is 0.469. The maximum atomic E-state index is 9.09. The van der Waals surface area contributed by atoms with E-state index >= 15 is 0 Å². The minimum atomic E-state index is 0.340. The number of rotatable bonds is 0. The highest BCUT2D eigenvalue weighted by atomic mass is 16.3. The predicted molar refractivity (Wildman–Crippen MR) is 31.0 cm³/mol. The molecule has 0 amide bonds. The predicted octanol–water partition coefficient (Wildman–Crippen LogP) is -0.0460. The molecule has 0 radical (unpaired) electrons. The Kier molecular flexibility index (Phi) is 0.806. The Labute approximate surface area is 53.0 Å². The molecule has 1 aromatic heterocycles. The van der Waals surface area contributed by atoms with Gasteiger partial charge in [0, 0.05) is 6.42 Å². The van der Waals surface area contributed by atoms with Gasteiger partial charge in [-0.15, -0.1) is 0 Å². The fraction of sp³-hybridized carbons (Fsp3) is 0.500. The highest BCUT2D eigenvalue weighted by Gasteiger charge is 2.21. The number of hydrogen-bond acceptors (Lipinski definition) is 1. The van der Waals surface area contributed by atoms with Crippen LogP contribution in [0.3, 0.4) is 0 Å². The lowest BCUT2D eigenvalue weighted by atomic mass is 10.3. The van der Waals surface area contributed by atoms with Crippen LogP contribution in [0.25, 0.3) is 0 Å². The maximum absolute atomic E-state index is 9.09. The number of aryl methyl sites for hydroxylation is 1. The summed E-state index contributed by atoms with van der Waals surface area (Å²) in [6.45, 7) is 1.05. The zero-order chi connectivity index (χ0) is 6.27. The third-order valence-electron chi connectivity index (χ3n) is 1.79. The fourth-order valence-corrected chi connectivity index (χ4v) is 1.31. The van der Waals surface area contributed by atoms with Crippen LogP contribution in [0.4, 0.5) is 0 Å². The molecule has 0 aromatic carbocycles. The van der Waals surface area contributed by atoms with Crippen LogP contribution in [0.5, 0.6) is 5.88 Å². The molecule has 9 heavy (non-hydrogen) atoms. The smallest absolute Gasteiger partial charge is 0.323 e. The van der Waals surface area contributed by atoms with Crippen molar-refractivity contribution in [3.8, 4) is 5.88 Å². The number of nitrogens with zero attached hydrogens (tertiary/aromatic N) is 1. The molecule has 2 heterocycles. The summed E-state index contributed by atoms with van der Waals surface area (Å²) >= 11 is 0. The summed E-state index contributed by atoms with van der Waals surface area (Å²) in [6, 6.07) is 0. The number of aromatic nitrogens is 2. The summed E-state index contributed by atoms with van der Waals surface area (Å²) in [7, 11) is 0. The number of hydrogen-bond donors (Lipinski definition) is 2. The summed E-state index contributed by atoms with van der Waals surface area (Å²) in [5.74, 6) is 0.340. The number of aromatic amines is 1. The van der Waals surface area contributed by atoms with E-state index in [1.165, 1.54) is 0 Å². The molecule has 0 saturated heterocycles. The van der Waals surface area contributed by atoms with E-state index in [-0.39, 0.29) is 0 Å². The minimum Gasteiger partial charge on any atom is -0.475 e. The van der Waals surface area contributed by atoms with Gasteiger partial charge in [0.1, 0.15) is 0 Å². The fourth-order valence-electron chi connectivity index (χ4n) is 1.31. The molecule has 1 aromatic rings. The highest BCUT2D eigenvalue weighted by molar-refractivity contribution is 5.11. The Balaban J connectivity index is 2.56. The van der Waals surface area contributed by atoms with E-state index in [1.807, 2.05) is 6.33 Å². The summed E-state index contributed by atoms with van der Waals surface area (Å²) in [6.07, 6.45) is 3.99. The van der Waals surface area contributed by atoms with Gasteiger partial charge in [-0.3, -0.25) is 0 Å². The van der Waals surface area contributed by atoms with Crippen LogP contribution in [-0.2, 0) is 13.0 Å². The number of H-pyrrole nitrogens is 1. The lowest BCUT2D eigenvalue weighted by Gasteiger charge is -1.80. The van der Waals surface area contributed by atoms with E-state index in [4.69, 9.17) is 5.11 Å². The van der Waals surface area contributed by atoms with Gasteiger partial charge in [0.25, 0.3) is 0 Å². The van der Waals surface area contributed by atoms with Crippen LogP contribution in [0.2, 0.25) is 0 Å². The summed E-state index contributed by atoms with van der Waals surface area (Å²) in [5.41, 5.74) is 1.05. The van der Waals surface area contributed by atoms with Crippen molar-refractivity contribution in [3.05, 3.63) is 12.0 Å². The molecule has 2 N–H and O–H groups in total. The van der Waals surface area contributed by atoms with Crippen molar-refractivity contribution in [1.29, 1.82) is 0 Å². The monoisotopic (exact) mass is 125 g/mol. The second-order valence-corrected chi connectivity index (χ2v) is 2.37. The van der Waals surface area contributed by atoms with Gasteiger partial charge in [0.15, 0.2) is 5.69 Å². The van der Waals surface area contributed by atoms with Gasteiger partial charge in [-0.25, -0.2) is 9.55 Å². The van der Waals surface area contributed by atoms with E-state index in [0.717, 1.165) is 25.1 Å². The molecule has 0 spiro atoms. The maximum Gasteiger partial charge on any atom is 0.323 e. The van der Waals surface area contributed by atoms with Gasteiger partial charge < -0.3 is 5.11 Å². The van der Waals surface area contributed by atoms with Crippen molar-refractivity contribution in [2.75, 3.05) is 0 Å². The Hall–Kier alpha value is -0.990. The van der Waals surface area contributed by atoms with Crippen molar-refractivity contribution in [2.45, 2.75) is 19.4 Å². The van der Waals surface area contributed by atoms with Crippen molar-refractivity contribution in [2.24, 2.45) is 0 Å². The Morgan fingerprint density at radius 1 is 1.67 bits per heavy atom. The number of nitrogens with one attached hydrogen (secondary N) is 1. The number of fused-ring (bicyclic) bond motifs is 1. The van der Waals surface area contributed by atoms with Crippen LogP contribution in [0.1, 0.15) is 12.1 Å². The second-order valence-electron chi connectivity index (χ2n) is 2.37. The molecule has 0 saturated carbocycles. The molecule has 2 rings (SSSR count). The van der Waals surface area contributed by atoms with Crippen LogP contribution in [-0.4, -0.2) is 10.1 Å². The molecule has 1 aliphatic heterocycles. The molecule has 3 nitrogen and oxygen atoms in total. The molecule has 0 atom stereocenters. The van der Waals surface area contributed by atoms with Crippen molar-refractivity contribution >= 4 is 0 Å². The zero-order valence-electron chi connectivity index (χ0n) is 5.09. The SMILES string of the molecule is Oc1[nH]c[n+]2c1CCC2. The van der Waals surface area contributed by atoms with Gasteiger partial charge in [-0.2, -0.15) is 0 Å². The van der Waals surface area contributed by atoms with Crippen molar-refractivity contribution < 1.29 is 9.67 Å². The molecule has 0 unspecified atom stereocenters. The van der Waals surface area contributed by atoms with Gasteiger partial charge >= 0.3 is 5.88 Å². The van der Waals surface area contributed by atoms with E-state index < -0.39 is 0 Å². The molecular weight excluding hydrogens is 116 g/mol. The first-order valence-electron chi connectivity index (χ1n) is 3.16. The van der Waals surface area contributed by atoms with Gasteiger partial charge in [0.05, 0.1) is 6.54 Å². The van der Waals surface area contributed by atoms with Gasteiger partial charge in [-0.05, 0) is 6.42 Å². The van der Waals surface area contributed by atoms with E-state index in [2.05, 4.69) is 9.55 Å². The molecule has 3 heteroatoms. The summed E-state index contributed by atoms with van der Waals surface area (Å²) in [5, 5.41) is 9.09. The molecule has 0 bridgehead atoms. The summed E-state index contributed by atoms with van der Waals surface area (Å²) < 4.78 is 2.05. The number of imidazole rings is 1. The molecular formula is C6H9N2O+. The molecule has 1 aliphatic rings. The normalized spacial score (nSPS) is 16.0. The van der Waals surface area contributed by atoms with Crippen LogP contribution >= 0.6 is 0 Å².